The van der Waals surface area contributed by atoms with Gasteiger partial charge in [-0.25, -0.2) is 9.69 Å². The van der Waals surface area contributed by atoms with Gasteiger partial charge in [-0.1, -0.05) is 121 Å². The molecule has 0 spiro atoms. The van der Waals surface area contributed by atoms with Crippen molar-refractivity contribution in [1.29, 1.82) is 0 Å². The van der Waals surface area contributed by atoms with Crippen LogP contribution >= 0.6 is 0 Å². The van der Waals surface area contributed by atoms with E-state index in [2.05, 4.69) is 167 Å². The van der Waals surface area contributed by atoms with E-state index in [-0.39, 0.29) is 0 Å². The molecule has 0 aliphatic rings. The van der Waals surface area contributed by atoms with Crippen LogP contribution in [0.4, 0.5) is 11.4 Å². The van der Waals surface area contributed by atoms with Gasteiger partial charge in [0.25, 0.3) is 0 Å². The van der Waals surface area contributed by atoms with Gasteiger partial charge < -0.3 is 0 Å². The van der Waals surface area contributed by atoms with Gasteiger partial charge in [-0.05, 0) is 58.7 Å². The fourth-order valence-electron chi connectivity index (χ4n) is 5.35. The second kappa shape index (κ2) is 9.42. The maximum absolute atomic E-state index is 2.35. The first-order valence-corrected chi connectivity index (χ1v) is 13.0. The molecule has 0 saturated heterocycles. The molecular formula is C36H26N2. The fourth-order valence-corrected chi connectivity index (χ4v) is 5.35. The molecule has 180 valence electrons. The SMILES string of the molecule is c1ccc(-c2ccc(N(c3ccc(-c4ccccc4)cc3)n3c4ccccc4c4ccccc43)cc2)cc1. The smallest absolute Gasteiger partial charge is 0.0716 e. The third-order valence-electron chi connectivity index (χ3n) is 7.19. The van der Waals surface area contributed by atoms with Gasteiger partial charge in [0.2, 0.25) is 0 Å². The minimum atomic E-state index is 1.10. The third kappa shape index (κ3) is 3.84. The molecule has 1 heterocycles. The number of hydrogen-bond acceptors (Lipinski definition) is 1. The first kappa shape index (κ1) is 22.1. The first-order valence-electron chi connectivity index (χ1n) is 13.0. The van der Waals surface area contributed by atoms with E-state index < -0.39 is 0 Å². The summed E-state index contributed by atoms with van der Waals surface area (Å²) in [5, 5.41) is 4.82. The summed E-state index contributed by atoms with van der Waals surface area (Å²) in [6.45, 7) is 0. The van der Waals surface area contributed by atoms with Crippen molar-refractivity contribution in [3.63, 3.8) is 0 Å². The normalized spacial score (nSPS) is 11.2. The van der Waals surface area contributed by atoms with Gasteiger partial charge in [-0.3, -0.25) is 0 Å². The molecule has 7 rings (SSSR count). The van der Waals surface area contributed by atoms with Crippen LogP contribution in [0, 0.1) is 0 Å². The van der Waals surface area contributed by atoms with Gasteiger partial charge in [0.1, 0.15) is 0 Å². The van der Waals surface area contributed by atoms with Crippen molar-refractivity contribution in [3.05, 3.63) is 158 Å². The van der Waals surface area contributed by atoms with Gasteiger partial charge in [0, 0.05) is 10.8 Å². The molecule has 1 aromatic heterocycles. The highest BCUT2D eigenvalue weighted by atomic mass is 15.6. The van der Waals surface area contributed by atoms with Gasteiger partial charge in [0.05, 0.1) is 22.4 Å². The number of aromatic nitrogens is 1. The second-order valence-electron chi connectivity index (χ2n) is 9.48. The van der Waals surface area contributed by atoms with Crippen molar-refractivity contribution in [1.82, 2.24) is 4.68 Å². The Morgan fingerprint density at radius 3 is 1.08 bits per heavy atom. The molecule has 0 aliphatic carbocycles. The standard InChI is InChI=1S/C36H26N2/c1-3-11-27(12-4-1)29-19-23-31(24-20-29)37(32-25-21-30(22-26-32)28-13-5-2-6-14-28)38-35-17-9-7-15-33(35)34-16-8-10-18-36(34)38/h1-26H. The Hall–Kier alpha value is -5.08. The van der Waals surface area contributed by atoms with Gasteiger partial charge in [-0.2, -0.15) is 0 Å². The monoisotopic (exact) mass is 486 g/mol. The Kier molecular flexibility index (Phi) is 5.49. The van der Waals surface area contributed by atoms with Gasteiger partial charge in [-0.15, -0.1) is 0 Å². The summed E-state index contributed by atoms with van der Waals surface area (Å²) in [7, 11) is 0. The molecule has 0 atom stereocenters. The summed E-state index contributed by atoms with van der Waals surface area (Å²) in [6, 6.07) is 56.1. The van der Waals surface area contributed by atoms with Crippen LogP contribution in [0.15, 0.2) is 158 Å². The third-order valence-corrected chi connectivity index (χ3v) is 7.19. The van der Waals surface area contributed by atoms with Crippen molar-refractivity contribution in [2.75, 3.05) is 5.01 Å². The van der Waals surface area contributed by atoms with Gasteiger partial charge >= 0.3 is 0 Å². The lowest BCUT2D eigenvalue weighted by Gasteiger charge is -2.28. The Morgan fingerprint density at radius 2 is 0.658 bits per heavy atom. The molecule has 0 bridgehead atoms. The van der Waals surface area contributed by atoms with Crippen molar-refractivity contribution in [2.24, 2.45) is 0 Å². The summed E-state index contributed by atoms with van der Waals surface area (Å²) < 4.78 is 2.35. The van der Waals surface area contributed by atoms with E-state index in [4.69, 9.17) is 0 Å². The van der Waals surface area contributed by atoms with Crippen LogP contribution in [-0.2, 0) is 0 Å². The predicted molar refractivity (Wildman–Crippen MR) is 161 cm³/mol. The zero-order valence-electron chi connectivity index (χ0n) is 20.9. The predicted octanol–water partition coefficient (Wildman–Crippen LogP) is 9.73. The molecule has 2 nitrogen and oxygen atoms in total. The van der Waals surface area contributed by atoms with Crippen molar-refractivity contribution >= 4 is 33.2 Å². The average molecular weight is 487 g/mol. The Balaban J connectivity index is 1.42. The number of anilines is 2. The second-order valence-corrected chi connectivity index (χ2v) is 9.48. The number of para-hydroxylation sites is 2. The van der Waals surface area contributed by atoms with E-state index in [9.17, 15) is 0 Å². The zero-order valence-corrected chi connectivity index (χ0v) is 20.9. The maximum atomic E-state index is 2.35. The number of benzene rings is 6. The Bertz CT molecular complexity index is 1700. The van der Waals surface area contributed by atoms with E-state index in [1.165, 1.54) is 44.1 Å². The Morgan fingerprint density at radius 1 is 0.316 bits per heavy atom. The molecule has 38 heavy (non-hydrogen) atoms. The van der Waals surface area contributed by atoms with Crippen LogP contribution in [0.1, 0.15) is 0 Å². The molecule has 0 radical (unpaired) electrons. The van der Waals surface area contributed by atoms with Crippen molar-refractivity contribution in [2.45, 2.75) is 0 Å². The largest absolute Gasteiger partial charge is 0.249 e. The number of rotatable bonds is 5. The van der Waals surface area contributed by atoms with E-state index >= 15 is 0 Å². The highest BCUT2D eigenvalue weighted by Gasteiger charge is 2.19. The maximum Gasteiger partial charge on any atom is 0.0716 e. The quantitative estimate of drug-likeness (QED) is 0.235. The molecule has 6 aromatic carbocycles. The van der Waals surface area contributed by atoms with Crippen LogP contribution in [0.25, 0.3) is 44.1 Å². The average Bonchev–Trinajstić information content (AvgIpc) is 3.33. The first-order chi connectivity index (χ1) is 18.9. The van der Waals surface area contributed by atoms with Crippen molar-refractivity contribution < 1.29 is 0 Å². The lowest BCUT2D eigenvalue weighted by molar-refractivity contribution is 0.886. The van der Waals surface area contributed by atoms with E-state index in [1.54, 1.807) is 0 Å². The number of fused-ring (bicyclic) bond motifs is 3. The summed E-state index contributed by atoms with van der Waals surface area (Å²) in [4.78, 5) is 0. The minimum absolute atomic E-state index is 1.10. The minimum Gasteiger partial charge on any atom is -0.249 e. The molecule has 0 amide bonds. The van der Waals surface area contributed by atoms with E-state index in [0.29, 0.717) is 0 Å². The molecule has 0 aliphatic heterocycles. The molecule has 0 saturated carbocycles. The van der Waals surface area contributed by atoms with Crippen LogP contribution < -0.4 is 5.01 Å². The Labute approximate surface area is 222 Å². The van der Waals surface area contributed by atoms with E-state index in [0.717, 1.165) is 11.4 Å². The van der Waals surface area contributed by atoms with Gasteiger partial charge in [0.15, 0.2) is 0 Å². The lowest BCUT2D eigenvalue weighted by atomic mass is 10.0. The lowest BCUT2D eigenvalue weighted by Crippen LogP contribution is -2.23. The molecule has 0 unspecified atom stereocenters. The van der Waals surface area contributed by atoms with Crippen LogP contribution in [0.5, 0.6) is 0 Å². The van der Waals surface area contributed by atoms with Crippen LogP contribution in [-0.4, -0.2) is 4.68 Å². The van der Waals surface area contributed by atoms with E-state index in [1.807, 2.05) is 0 Å². The molecule has 7 aromatic rings. The zero-order chi connectivity index (χ0) is 25.3. The number of hydrogen-bond donors (Lipinski definition) is 0. The summed E-state index contributed by atoms with van der Waals surface area (Å²) in [5.41, 5.74) is 9.39. The molecular weight excluding hydrogens is 460 g/mol. The van der Waals surface area contributed by atoms with Crippen LogP contribution in [0.2, 0.25) is 0 Å². The fraction of sp³-hybridized carbons (Fsp3) is 0. The molecule has 2 heteroatoms. The van der Waals surface area contributed by atoms with Crippen molar-refractivity contribution in [3.8, 4) is 22.3 Å². The van der Waals surface area contributed by atoms with Crippen LogP contribution in [0.3, 0.4) is 0 Å². The summed E-state index contributed by atoms with van der Waals surface area (Å²) in [5.74, 6) is 0. The highest BCUT2D eigenvalue weighted by Crippen LogP contribution is 2.37. The summed E-state index contributed by atoms with van der Waals surface area (Å²) in [6.07, 6.45) is 0. The molecule has 0 fully saturated rings. The topological polar surface area (TPSA) is 8.17 Å². The molecule has 0 N–H and O–H groups in total. The number of nitrogens with zero attached hydrogens (tertiary/aromatic N) is 2. The highest BCUT2D eigenvalue weighted by molar-refractivity contribution is 6.08. The summed E-state index contributed by atoms with van der Waals surface area (Å²) >= 11 is 0.